The van der Waals surface area contributed by atoms with Gasteiger partial charge in [0.2, 0.25) is 0 Å². The van der Waals surface area contributed by atoms with Gasteiger partial charge >= 0.3 is 0 Å². The summed E-state index contributed by atoms with van der Waals surface area (Å²) in [6.07, 6.45) is 22.0. The molecule has 2 aromatic heterocycles. The van der Waals surface area contributed by atoms with Crippen molar-refractivity contribution in [2.24, 2.45) is 4.99 Å². The molecule has 0 spiro atoms. The molecule has 0 atom stereocenters. The third-order valence-corrected chi connectivity index (χ3v) is 6.90. The van der Waals surface area contributed by atoms with Crippen molar-refractivity contribution in [2.45, 2.75) is 40.0 Å². The molecule has 0 saturated carbocycles. The first-order valence-electron chi connectivity index (χ1n) is 12.9. The summed E-state index contributed by atoms with van der Waals surface area (Å²) in [6.45, 7) is 11.6. The van der Waals surface area contributed by atoms with E-state index in [4.69, 9.17) is 4.99 Å². The molecule has 0 aromatic carbocycles. The second kappa shape index (κ2) is 10.8. The molecule has 1 fully saturated rings. The standard InChI is InChI=1S/C32H33N5/c1-5-25(31-23(4)34-19-24-10-8-16-33-30(31)17-24)18-27-12-7-11-26(15-14-21(27)2)28-20-35-37-32(28)29-13-6-9-22(3)36-29/h5-7,9,11-15,18-20,33H,2,8,10,16-17H2,1,3-4H3,(H,35,37)/b12-7+,15-14-,25-5+,26-11-,27-18-. The van der Waals surface area contributed by atoms with Crippen LogP contribution in [0.3, 0.4) is 0 Å². The number of aromatic nitrogens is 3. The summed E-state index contributed by atoms with van der Waals surface area (Å²) in [7, 11) is 0. The van der Waals surface area contributed by atoms with Gasteiger partial charge in [0.15, 0.2) is 0 Å². The highest BCUT2D eigenvalue weighted by molar-refractivity contribution is 6.04. The molecule has 2 N–H and O–H groups in total. The fourth-order valence-corrected chi connectivity index (χ4v) is 4.95. The van der Waals surface area contributed by atoms with Crippen molar-refractivity contribution >= 4 is 11.3 Å². The van der Waals surface area contributed by atoms with Gasteiger partial charge < -0.3 is 5.32 Å². The van der Waals surface area contributed by atoms with Crippen molar-refractivity contribution in [1.82, 2.24) is 20.5 Å². The average Bonchev–Trinajstić information content (AvgIpc) is 3.18. The van der Waals surface area contributed by atoms with E-state index < -0.39 is 0 Å². The summed E-state index contributed by atoms with van der Waals surface area (Å²) in [5.74, 6) is 0. The van der Waals surface area contributed by atoms with Crippen LogP contribution in [0.2, 0.25) is 0 Å². The lowest BCUT2D eigenvalue weighted by molar-refractivity contribution is 0.757. The molecule has 5 rings (SSSR count). The van der Waals surface area contributed by atoms with Gasteiger partial charge in [-0.05, 0) is 79.7 Å². The second-order valence-corrected chi connectivity index (χ2v) is 9.56. The summed E-state index contributed by atoms with van der Waals surface area (Å²) in [5, 5.41) is 11.2. The quantitative estimate of drug-likeness (QED) is 0.483. The zero-order valence-corrected chi connectivity index (χ0v) is 21.8. The van der Waals surface area contributed by atoms with Crippen molar-refractivity contribution < 1.29 is 0 Å². The molecule has 186 valence electrons. The Morgan fingerprint density at radius 1 is 1.14 bits per heavy atom. The van der Waals surface area contributed by atoms with Gasteiger partial charge in [-0.2, -0.15) is 5.10 Å². The minimum Gasteiger partial charge on any atom is -0.388 e. The molecule has 2 aliphatic heterocycles. The number of aliphatic imine (C=N–C) groups is 1. The normalized spacial score (nSPS) is 22.6. The fraction of sp³-hybridized carbons (Fsp3) is 0.219. The molecule has 0 radical (unpaired) electrons. The van der Waals surface area contributed by atoms with Crippen LogP contribution >= 0.6 is 0 Å². The summed E-state index contributed by atoms with van der Waals surface area (Å²) >= 11 is 0. The summed E-state index contributed by atoms with van der Waals surface area (Å²) in [6, 6.07) is 5.99. The molecule has 5 nitrogen and oxygen atoms in total. The Hall–Kier alpha value is -4.25. The Bertz CT molecular complexity index is 1480. The van der Waals surface area contributed by atoms with Crippen LogP contribution in [0.4, 0.5) is 0 Å². The van der Waals surface area contributed by atoms with Crippen LogP contribution in [-0.2, 0) is 0 Å². The predicted octanol–water partition coefficient (Wildman–Crippen LogP) is 7.10. The zero-order valence-electron chi connectivity index (χ0n) is 21.8. The van der Waals surface area contributed by atoms with Gasteiger partial charge in [-0.15, -0.1) is 0 Å². The van der Waals surface area contributed by atoms with E-state index in [1.54, 1.807) is 0 Å². The molecule has 5 heteroatoms. The van der Waals surface area contributed by atoms with Crippen LogP contribution in [0.1, 0.15) is 44.4 Å². The largest absolute Gasteiger partial charge is 0.388 e. The third kappa shape index (κ3) is 5.31. The minimum absolute atomic E-state index is 0.839. The monoisotopic (exact) mass is 487 g/mol. The smallest absolute Gasteiger partial charge is 0.118 e. The van der Waals surface area contributed by atoms with E-state index in [0.29, 0.717) is 0 Å². The molecule has 0 unspecified atom stereocenters. The maximum atomic E-state index is 4.79. The highest BCUT2D eigenvalue weighted by atomic mass is 15.1. The molecule has 1 saturated heterocycles. The lowest BCUT2D eigenvalue weighted by atomic mass is 9.92. The molecular weight excluding hydrogens is 454 g/mol. The lowest BCUT2D eigenvalue weighted by Crippen LogP contribution is -2.17. The molecule has 2 bridgehead atoms. The van der Waals surface area contributed by atoms with Crippen LogP contribution in [0.15, 0.2) is 118 Å². The fourth-order valence-electron chi connectivity index (χ4n) is 4.95. The number of fused-ring (bicyclic) bond motifs is 2. The van der Waals surface area contributed by atoms with Gasteiger partial charge in [-0.3, -0.25) is 15.1 Å². The summed E-state index contributed by atoms with van der Waals surface area (Å²) in [5.41, 5.74) is 12.8. The first-order chi connectivity index (χ1) is 18.0. The summed E-state index contributed by atoms with van der Waals surface area (Å²) < 4.78 is 0. The SMILES string of the molecule is C=C1\C=C/C(c2c[nH]nc2-c2cccc(C)n2)=C/C=C/C1=C/C(=C\C)C1=C2CC(=CN=C1C)CCCN2. The first-order valence-corrected chi connectivity index (χ1v) is 12.9. The molecule has 37 heavy (non-hydrogen) atoms. The topological polar surface area (TPSA) is 66.0 Å². The van der Waals surface area contributed by atoms with E-state index in [1.807, 2.05) is 31.3 Å². The van der Waals surface area contributed by atoms with Crippen molar-refractivity contribution in [3.8, 4) is 11.4 Å². The number of H-pyrrole nitrogens is 1. The Balaban J connectivity index is 1.48. The van der Waals surface area contributed by atoms with E-state index in [2.05, 4.69) is 89.7 Å². The number of aromatic amines is 1. The molecule has 3 aliphatic rings. The number of aryl methyl sites for hydroxylation is 1. The van der Waals surface area contributed by atoms with Gasteiger partial charge in [0.25, 0.3) is 0 Å². The number of allylic oxidation sites excluding steroid dienone is 13. The van der Waals surface area contributed by atoms with E-state index in [9.17, 15) is 0 Å². The highest BCUT2D eigenvalue weighted by Gasteiger charge is 2.20. The van der Waals surface area contributed by atoms with Gasteiger partial charge in [0.05, 0.1) is 5.69 Å². The van der Waals surface area contributed by atoms with E-state index in [0.717, 1.165) is 76.5 Å². The maximum absolute atomic E-state index is 4.79. The number of hydrogen-bond acceptors (Lipinski definition) is 4. The Labute approximate surface area is 219 Å². The molecule has 2 aromatic rings. The van der Waals surface area contributed by atoms with Crippen LogP contribution in [0.25, 0.3) is 17.0 Å². The number of rotatable bonds is 4. The van der Waals surface area contributed by atoms with Crippen LogP contribution < -0.4 is 5.32 Å². The molecule has 0 amide bonds. The van der Waals surface area contributed by atoms with Crippen LogP contribution in [0.5, 0.6) is 0 Å². The van der Waals surface area contributed by atoms with Gasteiger partial charge in [0.1, 0.15) is 5.69 Å². The third-order valence-electron chi connectivity index (χ3n) is 6.90. The van der Waals surface area contributed by atoms with Crippen molar-refractivity contribution in [3.05, 3.63) is 125 Å². The summed E-state index contributed by atoms with van der Waals surface area (Å²) in [4.78, 5) is 9.45. The van der Waals surface area contributed by atoms with Gasteiger partial charge in [-0.1, -0.05) is 49.1 Å². The van der Waals surface area contributed by atoms with E-state index in [1.165, 1.54) is 16.8 Å². The predicted molar refractivity (Wildman–Crippen MR) is 154 cm³/mol. The maximum Gasteiger partial charge on any atom is 0.118 e. The van der Waals surface area contributed by atoms with Crippen LogP contribution in [-0.4, -0.2) is 27.4 Å². The number of pyridine rings is 1. The van der Waals surface area contributed by atoms with Crippen molar-refractivity contribution in [3.63, 3.8) is 0 Å². The van der Waals surface area contributed by atoms with Crippen molar-refractivity contribution in [1.29, 1.82) is 0 Å². The van der Waals surface area contributed by atoms with Crippen LogP contribution in [0, 0.1) is 6.92 Å². The first kappa shape index (κ1) is 24.4. The minimum atomic E-state index is 0.839. The molecule has 1 aliphatic carbocycles. The van der Waals surface area contributed by atoms with Gasteiger partial charge in [-0.25, -0.2) is 0 Å². The zero-order chi connectivity index (χ0) is 25.8. The van der Waals surface area contributed by atoms with Crippen molar-refractivity contribution in [2.75, 3.05) is 6.54 Å². The van der Waals surface area contributed by atoms with E-state index in [-0.39, 0.29) is 0 Å². The Kier molecular flexibility index (Phi) is 7.13. The molecular formula is C32H33N5. The lowest BCUT2D eigenvalue weighted by Gasteiger charge is -2.17. The van der Waals surface area contributed by atoms with E-state index >= 15 is 0 Å². The second-order valence-electron chi connectivity index (χ2n) is 9.56. The average molecular weight is 488 g/mol. The Morgan fingerprint density at radius 3 is 2.86 bits per heavy atom. The molecule has 4 heterocycles. The Morgan fingerprint density at radius 2 is 2.03 bits per heavy atom. The highest BCUT2D eigenvalue weighted by Crippen LogP contribution is 2.32. The number of nitrogens with one attached hydrogen (secondary N) is 2. The number of nitrogens with zero attached hydrogens (tertiary/aromatic N) is 3. The number of hydrogen-bond donors (Lipinski definition) is 2. The van der Waals surface area contributed by atoms with Gasteiger partial charge in [0, 0.05) is 53.6 Å².